The number of anilines is 1. The lowest BCUT2D eigenvalue weighted by Crippen LogP contribution is -2.30. The molecule has 1 atom stereocenters. The van der Waals surface area contributed by atoms with Gasteiger partial charge in [-0.1, -0.05) is 24.3 Å². The number of fused-ring (bicyclic) bond motifs is 1. The van der Waals surface area contributed by atoms with Crippen LogP contribution in [0.4, 0.5) is 5.69 Å². The van der Waals surface area contributed by atoms with Crippen LogP contribution in [0.15, 0.2) is 42.5 Å². The maximum absolute atomic E-state index is 12.4. The summed E-state index contributed by atoms with van der Waals surface area (Å²) in [5.74, 6) is -0.628. The molecule has 2 aromatic rings. The molecule has 2 aromatic carbocycles. The lowest BCUT2D eigenvalue weighted by molar-refractivity contribution is -0.153. The van der Waals surface area contributed by atoms with E-state index in [2.05, 4.69) is 5.32 Å². The van der Waals surface area contributed by atoms with Crippen molar-refractivity contribution in [3.63, 3.8) is 0 Å². The van der Waals surface area contributed by atoms with Gasteiger partial charge >= 0.3 is 5.97 Å². The van der Waals surface area contributed by atoms with Gasteiger partial charge in [-0.15, -0.1) is 0 Å². The minimum absolute atomic E-state index is 0.0540. The molecule has 1 amide bonds. The number of carbonyl (C=O) groups is 3. The minimum atomic E-state index is -0.984. The summed E-state index contributed by atoms with van der Waals surface area (Å²) in [6.45, 7) is 1.49. The number of esters is 1. The number of hydrogen-bond donors (Lipinski definition) is 1. The van der Waals surface area contributed by atoms with Crippen molar-refractivity contribution in [1.82, 2.24) is 0 Å². The van der Waals surface area contributed by atoms with Crippen molar-refractivity contribution >= 4 is 23.3 Å². The molecule has 152 valence electrons. The minimum Gasteiger partial charge on any atom is -0.495 e. The number of benzene rings is 2. The van der Waals surface area contributed by atoms with Gasteiger partial charge in [0.1, 0.15) is 5.75 Å². The third-order valence-electron chi connectivity index (χ3n) is 5.02. The summed E-state index contributed by atoms with van der Waals surface area (Å²) in [5.41, 5.74) is 3.64. The van der Waals surface area contributed by atoms with Gasteiger partial charge < -0.3 is 14.8 Å². The average molecular weight is 395 g/mol. The van der Waals surface area contributed by atoms with Crippen LogP contribution < -0.4 is 10.1 Å². The molecule has 0 radical (unpaired) electrons. The predicted octanol–water partition coefficient (Wildman–Crippen LogP) is 3.72. The van der Waals surface area contributed by atoms with Crippen LogP contribution in [-0.4, -0.2) is 30.9 Å². The molecule has 0 spiro atoms. The third-order valence-corrected chi connectivity index (χ3v) is 5.02. The topological polar surface area (TPSA) is 81.7 Å². The Morgan fingerprint density at radius 1 is 1.03 bits per heavy atom. The number of nitrogens with one attached hydrogen (secondary N) is 1. The van der Waals surface area contributed by atoms with Crippen LogP contribution >= 0.6 is 0 Å². The van der Waals surface area contributed by atoms with Crippen LogP contribution in [0.5, 0.6) is 5.75 Å². The molecule has 0 saturated carbocycles. The quantitative estimate of drug-likeness (QED) is 0.544. The highest BCUT2D eigenvalue weighted by molar-refractivity contribution is 5.98. The lowest BCUT2D eigenvalue weighted by atomic mass is 10.0. The zero-order chi connectivity index (χ0) is 20.8. The van der Waals surface area contributed by atoms with Gasteiger partial charge in [-0.05, 0) is 55.5 Å². The molecule has 0 saturated heterocycles. The Morgan fingerprint density at radius 2 is 1.79 bits per heavy atom. The molecule has 3 rings (SSSR count). The van der Waals surface area contributed by atoms with Crippen molar-refractivity contribution < 1.29 is 23.9 Å². The number of Topliss-reactive ketones (excluding diaryl/α,β-unsaturated/α-hetero) is 1. The monoisotopic (exact) mass is 395 g/mol. The normalized spacial score (nSPS) is 13.3. The molecule has 29 heavy (non-hydrogen) atoms. The van der Waals surface area contributed by atoms with Gasteiger partial charge in [0.05, 0.1) is 19.2 Å². The molecule has 0 heterocycles. The van der Waals surface area contributed by atoms with Crippen LogP contribution in [0.3, 0.4) is 0 Å². The largest absolute Gasteiger partial charge is 0.495 e. The van der Waals surface area contributed by atoms with Crippen molar-refractivity contribution in [2.75, 3.05) is 12.4 Å². The Morgan fingerprint density at radius 3 is 2.59 bits per heavy atom. The number of ketones is 1. The second-order valence-corrected chi connectivity index (χ2v) is 7.08. The molecule has 1 N–H and O–H groups in total. The van der Waals surface area contributed by atoms with Gasteiger partial charge in [0, 0.05) is 12.0 Å². The van der Waals surface area contributed by atoms with E-state index in [4.69, 9.17) is 9.47 Å². The molecule has 6 heteroatoms. The van der Waals surface area contributed by atoms with E-state index in [1.165, 1.54) is 25.2 Å². The molecule has 1 aliphatic rings. The number of amides is 1. The Labute approximate surface area is 170 Å². The maximum Gasteiger partial charge on any atom is 0.307 e. The van der Waals surface area contributed by atoms with Crippen molar-refractivity contribution in [2.45, 2.75) is 45.1 Å². The standard InChI is InChI=1S/C23H25NO5/c1-15(23(27)24-19-8-3-4-9-21(19)28-2)29-22(26)13-12-20(25)18-11-10-16-6-5-7-17(16)14-18/h3-4,8-11,14-15H,5-7,12-13H2,1-2H3,(H,24,27). The average Bonchev–Trinajstić information content (AvgIpc) is 3.20. The number of aryl methyl sites for hydroxylation is 2. The summed E-state index contributed by atoms with van der Waals surface area (Å²) >= 11 is 0. The van der Waals surface area contributed by atoms with Crippen molar-refractivity contribution in [3.8, 4) is 5.75 Å². The third kappa shape index (κ3) is 5.22. The first-order chi connectivity index (χ1) is 14.0. The number of para-hydroxylation sites is 2. The van der Waals surface area contributed by atoms with E-state index in [9.17, 15) is 14.4 Å². The van der Waals surface area contributed by atoms with E-state index in [0.29, 0.717) is 17.0 Å². The zero-order valence-electron chi connectivity index (χ0n) is 16.7. The summed E-state index contributed by atoms with van der Waals surface area (Å²) in [5, 5.41) is 2.67. The van der Waals surface area contributed by atoms with Crippen molar-refractivity contribution in [1.29, 1.82) is 0 Å². The molecule has 1 unspecified atom stereocenters. The van der Waals surface area contributed by atoms with Crippen molar-refractivity contribution in [2.24, 2.45) is 0 Å². The van der Waals surface area contributed by atoms with Gasteiger partial charge in [0.15, 0.2) is 11.9 Å². The number of hydrogen-bond acceptors (Lipinski definition) is 5. The SMILES string of the molecule is COc1ccccc1NC(=O)C(C)OC(=O)CCC(=O)c1ccc2c(c1)CCC2. The summed E-state index contributed by atoms with van der Waals surface area (Å²) in [6, 6.07) is 12.7. The van der Waals surface area contributed by atoms with Crippen LogP contribution in [0.25, 0.3) is 0 Å². The van der Waals surface area contributed by atoms with Crippen LogP contribution in [0, 0.1) is 0 Å². The van der Waals surface area contributed by atoms with Crippen molar-refractivity contribution in [3.05, 3.63) is 59.2 Å². The Kier molecular flexibility index (Phi) is 6.65. The zero-order valence-corrected chi connectivity index (χ0v) is 16.7. The van der Waals surface area contributed by atoms with E-state index < -0.39 is 18.0 Å². The molecule has 1 aliphatic carbocycles. The molecule has 0 bridgehead atoms. The molecule has 6 nitrogen and oxygen atoms in total. The van der Waals surface area contributed by atoms with E-state index in [1.54, 1.807) is 24.3 Å². The van der Waals surface area contributed by atoms with Gasteiger partial charge in [0.25, 0.3) is 5.91 Å². The van der Waals surface area contributed by atoms with E-state index >= 15 is 0 Å². The fraction of sp³-hybridized carbons (Fsp3) is 0.348. The first kappa shape index (κ1) is 20.6. The van der Waals surface area contributed by atoms with Crippen LogP contribution in [0.1, 0.15) is 47.7 Å². The second-order valence-electron chi connectivity index (χ2n) is 7.08. The highest BCUT2D eigenvalue weighted by atomic mass is 16.5. The fourth-order valence-electron chi connectivity index (χ4n) is 3.40. The Hall–Kier alpha value is -3.15. The summed E-state index contributed by atoms with van der Waals surface area (Å²) in [7, 11) is 1.51. The van der Waals surface area contributed by atoms with E-state index in [1.807, 2.05) is 18.2 Å². The predicted molar refractivity (Wildman–Crippen MR) is 109 cm³/mol. The smallest absolute Gasteiger partial charge is 0.307 e. The first-order valence-corrected chi connectivity index (χ1v) is 9.76. The fourth-order valence-corrected chi connectivity index (χ4v) is 3.40. The molecular formula is C23H25NO5. The lowest BCUT2D eigenvalue weighted by Gasteiger charge is -2.15. The van der Waals surface area contributed by atoms with Gasteiger partial charge in [0.2, 0.25) is 0 Å². The summed E-state index contributed by atoms with van der Waals surface area (Å²) < 4.78 is 10.4. The van der Waals surface area contributed by atoms with Gasteiger partial charge in [-0.3, -0.25) is 14.4 Å². The highest BCUT2D eigenvalue weighted by Crippen LogP contribution is 2.24. The Bertz CT molecular complexity index is 921. The Balaban J connectivity index is 1.48. The van der Waals surface area contributed by atoms with E-state index in [-0.39, 0.29) is 18.6 Å². The second kappa shape index (κ2) is 9.37. The van der Waals surface area contributed by atoms with Crippen LogP contribution in [0.2, 0.25) is 0 Å². The van der Waals surface area contributed by atoms with Gasteiger partial charge in [-0.2, -0.15) is 0 Å². The van der Waals surface area contributed by atoms with Gasteiger partial charge in [-0.25, -0.2) is 0 Å². The summed E-state index contributed by atoms with van der Waals surface area (Å²) in [6.07, 6.45) is 2.18. The molecule has 0 fully saturated rings. The molecule has 0 aromatic heterocycles. The molecule has 0 aliphatic heterocycles. The maximum atomic E-state index is 12.4. The highest BCUT2D eigenvalue weighted by Gasteiger charge is 2.20. The number of carbonyl (C=O) groups excluding carboxylic acids is 3. The number of methoxy groups -OCH3 is 1. The van der Waals surface area contributed by atoms with Crippen LogP contribution in [-0.2, 0) is 27.2 Å². The number of rotatable bonds is 8. The van der Waals surface area contributed by atoms with E-state index in [0.717, 1.165) is 19.3 Å². The summed E-state index contributed by atoms with van der Waals surface area (Å²) in [4.78, 5) is 36.7. The molecular weight excluding hydrogens is 370 g/mol. The number of ether oxygens (including phenoxy) is 2. The first-order valence-electron chi connectivity index (χ1n) is 9.76.